The molecule has 1 saturated heterocycles. The highest BCUT2D eigenvalue weighted by molar-refractivity contribution is 6.09. The summed E-state index contributed by atoms with van der Waals surface area (Å²) >= 11 is 0. The Labute approximate surface area is 161 Å². The van der Waals surface area contributed by atoms with E-state index in [4.69, 9.17) is 0 Å². The fourth-order valence-electron chi connectivity index (χ4n) is 3.32. The zero-order chi connectivity index (χ0) is 19.4. The molecule has 0 saturated carbocycles. The SMILES string of the molecule is CCc1ccc(N2CC[C@H](C(=O)NCc3ccc(N(C)C)cc3)C2=O)cc1. The van der Waals surface area contributed by atoms with Gasteiger partial charge in [0.2, 0.25) is 11.8 Å². The third kappa shape index (κ3) is 4.30. The Hall–Kier alpha value is -2.82. The number of carbonyl (C=O) groups excluding carboxylic acids is 2. The van der Waals surface area contributed by atoms with Crippen LogP contribution in [0.3, 0.4) is 0 Å². The fourth-order valence-corrected chi connectivity index (χ4v) is 3.32. The standard InChI is InChI=1S/C22H27N3O2/c1-4-16-5-11-19(12-6-16)25-14-13-20(22(25)27)21(26)23-15-17-7-9-18(10-8-17)24(2)3/h5-12,20H,4,13-15H2,1-3H3,(H,23,26)/t20-/m1/s1. The van der Waals surface area contributed by atoms with E-state index in [1.807, 2.05) is 67.5 Å². The van der Waals surface area contributed by atoms with Gasteiger partial charge in [0, 0.05) is 38.6 Å². The third-order valence-corrected chi connectivity index (χ3v) is 5.10. The summed E-state index contributed by atoms with van der Waals surface area (Å²) in [5.74, 6) is -0.902. The summed E-state index contributed by atoms with van der Waals surface area (Å²) in [5.41, 5.74) is 4.24. The molecule has 1 heterocycles. The van der Waals surface area contributed by atoms with Gasteiger partial charge >= 0.3 is 0 Å². The summed E-state index contributed by atoms with van der Waals surface area (Å²) in [5, 5.41) is 2.91. The highest BCUT2D eigenvalue weighted by Crippen LogP contribution is 2.26. The monoisotopic (exact) mass is 365 g/mol. The summed E-state index contributed by atoms with van der Waals surface area (Å²) in [6, 6.07) is 16.0. The molecule has 2 amide bonds. The summed E-state index contributed by atoms with van der Waals surface area (Å²) in [6.45, 7) is 3.12. The molecule has 0 spiro atoms. The van der Waals surface area contributed by atoms with Crippen molar-refractivity contribution in [3.05, 3.63) is 59.7 Å². The molecule has 27 heavy (non-hydrogen) atoms. The molecule has 0 unspecified atom stereocenters. The first kappa shape index (κ1) is 19.0. The lowest BCUT2D eigenvalue weighted by Gasteiger charge is -2.17. The first-order chi connectivity index (χ1) is 13.0. The minimum absolute atomic E-state index is 0.111. The van der Waals surface area contributed by atoms with E-state index in [1.165, 1.54) is 5.56 Å². The average Bonchev–Trinajstić information content (AvgIpc) is 3.08. The van der Waals surface area contributed by atoms with Gasteiger partial charge in [0.05, 0.1) is 0 Å². The van der Waals surface area contributed by atoms with Crippen LogP contribution in [0.4, 0.5) is 11.4 Å². The molecule has 0 bridgehead atoms. The molecular weight excluding hydrogens is 338 g/mol. The molecule has 0 radical (unpaired) electrons. The topological polar surface area (TPSA) is 52.7 Å². The van der Waals surface area contributed by atoms with Gasteiger partial charge in [-0.05, 0) is 48.2 Å². The van der Waals surface area contributed by atoms with Gasteiger partial charge in [-0.2, -0.15) is 0 Å². The molecule has 5 heteroatoms. The lowest BCUT2D eigenvalue weighted by atomic mass is 10.1. The molecule has 2 aromatic rings. The van der Waals surface area contributed by atoms with Crippen molar-refractivity contribution in [1.82, 2.24) is 5.32 Å². The smallest absolute Gasteiger partial charge is 0.239 e. The van der Waals surface area contributed by atoms with E-state index in [0.29, 0.717) is 19.5 Å². The molecule has 0 aliphatic carbocycles. The summed E-state index contributed by atoms with van der Waals surface area (Å²) in [6.07, 6.45) is 1.52. The highest BCUT2D eigenvalue weighted by atomic mass is 16.2. The second-order valence-electron chi connectivity index (χ2n) is 7.13. The van der Waals surface area contributed by atoms with Crippen LogP contribution in [0.1, 0.15) is 24.5 Å². The molecule has 1 N–H and O–H groups in total. The van der Waals surface area contributed by atoms with E-state index in [0.717, 1.165) is 23.4 Å². The molecule has 1 aliphatic heterocycles. The normalized spacial score (nSPS) is 16.5. The van der Waals surface area contributed by atoms with E-state index in [-0.39, 0.29) is 11.8 Å². The maximum absolute atomic E-state index is 12.7. The van der Waals surface area contributed by atoms with Gasteiger partial charge in [0.25, 0.3) is 0 Å². The number of carbonyl (C=O) groups is 2. The predicted molar refractivity (Wildman–Crippen MR) is 109 cm³/mol. The van der Waals surface area contributed by atoms with Crippen molar-refractivity contribution in [3.63, 3.8) is 0 Å². The van der Waals surface area contributed by atoms with Gasteiger partial charge in [-0.3, -0.25) is 9.59 Å². The zero-order valence-corrected chi connectivity index (χ0v) is 16.2. The Bertz CT molecular complexity index is 797. The largest absolute Gasteiger partial charge is 0.378 e. The molecule has 1 atom stereocenters. The van der Waals surface area contributed by atoms with Crippen LogP contribution >= 0.6 is 0 Å². The van der Waals surface area contributed by atoms with Crippen LogP contribution in [-0.4, -0.2) is 32.5 Å². The summed E-state index contributed by atoms with van der Waals surface area (Å²) in [4.78, 5) is 29.0. The van der Waals surface area contributed by atoms with Crippen molar-refractivity contribution in [1.29, 1.82) is 0 Å². The highest BCUT2D eigenvalue weighted by Gasteiger charge is 2.37. The third-order valence-electron chi connectivity index (χ3n) is 5.10. The lowest BCUT2D eigenvalue weighted by molar-refractivity contribution is -0.132. The van der Waals surface area contributed by atoms with Crippen LogP contribution in [0.15, 0.2) is 48.5 Å². The Morgan fingerprint density at radius 2 is 1.70 bits per heavy atom. The minimum Gasteiger partial charge on any atom is -0.378 e. The van der Waals surface area contributed by atoms with Gasteiger partial charge in [0.15, 0.2) is 0 Å². The number of hydrogen-bond acceptors (Lipinski definition) is 3. The van der Waals surface area contributed by atoms with E-state index in [9.17, 15) is 9.59 Å². The van der Waals surface area contributed by atoms with Gasteiger partial charge in [-0.15, -0.1) is 0 Å². The van der Waals surface area contributed by atoms with E-state index in [1.54, 1.807) is 4.90 Å². The van der Waals surface area contributed by atoms with Crippen LogP contribution in [-0.2, 0) is 22.6 Å². The van der Waals surface area contributed by atoms with Crippen LogP contribution in [0.25, 0.3) is 0 Å². The van der Waals surface area contributed by atoms with Crippen LogP contribution in [0, 0.1) is 5.92 Å². The Kier molecular flexibility index (Phi) is 5.79. The summed E-state index contributed by atoms with van der Waals surface area (Å²) in [7, 11) is 3.98. The van der Waals surface area contributed by atoms with E-state index in [2.05, 4.69) is 12.2 Å². The molecular formula is C22H27N3O2. The molecule has 142 valence electrons. The number of nitrogens with one attached hydrogen (secondary N) is 1. The second-order valence-corrected chi connectivity index (χ2v) is 7.13. The molecule has 0 aromatic heterocycles. The van der Waals surface area contributed by atoms with Crippen molar-refractivity contribution in [2.45, 2.75) is 26.3 Å². The van der Waals surface area contributed by atoms with Crippen LogP contribution in [0.2, 0.25) is 0 Å². The molecule has 5 nitrogen and oxygen atoms in total. The number of aryl methyl sites for hydroxylation is 1. The summed E-state index contributed by atoms with van der Waals surface area (Å²) < 4.78 is 0. The molecule has 3 rings (SSSR count). The Balaban J connectivity index is 1.58. The van der Waals surface area contributed by atoms with Crippen LogP contribution < -0.4 is 15.1 Å². The first-order valence-electron chi connectivity index (χ1n) is 9.44. The van der Waals surface area contributed by atoms with Gasteiger partial charge in [0.1, 0.15) is 5.92 Å². The van der Waals surface area contributed by atoms with E-state index < -0.39 is 5.92 Å². The van der Waals surface area contributed by atoms with Crippen molar-refractivity contribution < 1.29 is 9.59 Å². The number of amides is 2. The van der Waals surface area contributed by atoms with Crippen molar-refractivity contribution in [2.75, 3.05) is 30.4 Å². The zero-order valence-electron chi connectivity index (χ0n) is 16.2. The molecule has 2 aromatic carbocycles. The number of rotatable bonds is 6. The molecule has 1 fully saturated rings. The maximum Gasteiger partial charge on any atom is 0.239 e. The minimum atomic E-state index is -0.600. The Morgan fingerprint density at radius 1 is 1.07 bits per heavy atom. The lowest BCUT2D eigenvalue weighted by Crippen LogP contribution is -2.36. The van der Waals surface area contributed by atoms with E-state index >= 15 is 0 Å². The van der Waals surface area contributed by atoms with Gasteiger partial charge in [-0.25, -0.2) is 0 Å². The average molecular weight is 365 g/mol. The Morgan fingerprint density at radius 3 is 2.30 bits per heavy atom. The predicted octanol–water partition coefficient (Wildman–Crippen LogP) is 2.98. The number of anilines is 2. The number of hydrogen-bond donors (Lipinski definition) is 1. The maximum atomic E-state index is 12.7. The van der Waals surface area contributed by atoms with Crippen molar-refractivity contribution >= 4 is 23.2 Å². The molecule has 1 aliphatic rings. The quantitative estimate of drug-likeness (QED) is 0.801. The van der Waals surface area contributed by atoms with Crippen molar-refractivity contribution in [2.24, 2.45) is 5.92 Å². The number of benzene rings is 2. The number of nitrogens with zero attached hydrogens (tertiary/aromatic N) is 2. The second kappa shape index (κ2) is 8.25. The van der Waals surface area contributed by atoms with Gasteiger partial charge < -0.3 is 15.1 Å². The first-order valence-corrected chi connectivity index (χ1v) is 9.44. The van der Waals surface area contributed by atoms with Crippen molar-refractivity contribution in [3.8, 4) is 0 Å². The fraction of sp³-hybridized carbons (Fsp3) is 0.364. The van der Waals surface area contributed by atoms with Gasteiger partial charge in [-0.1, -0.05) is 31.2 Å². The van der Waals surface area contributed by atoms with Crippen LogP contribution in [0.5, 0.6) is 0 Å².